The predicted molar refractivity (Wildman–Crippen MR) is 73.3 cm³/mol. The molecule has 0 aliphatic heterocycles. The van der Waals surface area contributed by atoms with Gasteiger partial charge in [-0.25, -0.2) is 4.98 Å². The van der Waals surface area contributed by atoms with E-state index in [9.17, 15) is 0 Å². The van der Waals surface area contributed by atoms with Crippen LogP contribution in [0.4, 0.5) is 0 Å². The van der Waals surface area contributed by atoms with Crippen LogP contribution in [-0.2, 0) is 19.9 Å². The lowest BCUT2D eigenvalue weighted by molar-refractivity contribution is 0.501. The SMILES string of the molecule is Cc1cc(CC(Cc2csc(C)n2)NN)n(C)n1. The van der Waals surface area contributed by atoms with Gasteiger partial charge >= 0.3 is 0 Å². The molecule has 0 aliphatic carbocycles. The van der Waals surface area contributed by atoms with Crippen LogP contribution < -0.4 is 11.3 Å². The molecule has 0 radical (unpaired) electrons. The molecule has 0 bridgehead atoms. The number of hydrogen-bond donors (Lipinski definition) is 2. The fourth-order valence-corrected chi connectivity index (χ4v) is 2.68. The van der Waals surface area contributed by atoms with Crippen molar-refractivity contribution in [3.8, 4) is 0 Å². The van der Waals surface area contributed by atoms with Crippen molar-refractivity contribution in [1.82, 2.24) is 20.2 Å². The zero-order valence-corrected chi connectivity index (χ0v) is 11.8. The Balaban J connectivity index is 2.03. The minimum Gasteiger partial charge on any atom is -0.272 e. The van der Waals surface area contributed by atoms with Crippen LogP contribution >= 0.6 is 11.3 Å². The van der Waals surface area contributed by atoms with Crippen molar-refractivity contribution in [2.75, 3.05) is 0 Å². The average molecular weight is 265 g/mol. The van der Waals surface area contributed by atoms with Gasteiger partial charge in [-0.3, -0.25) is 16.0 Å². The highest BCUT2D eigenvalue weighted by Crippen LogP contribution is 2.12. The first-order valence-corrected chi connectivity index (χ1v) is 6.83. The largest absolute Gasteiger partial charge is 0.272 e. The molecular weight excluding hydrogens is 246 g/mol. The predicted octanol–water partition coefficient (Wildman–Crippen LogP) is 1.11. The Bertz CT molecular complexity index is 516. The van der Waals surface area contributed by atoms with Gasteiger partial charge in [0.2, 0.25) is 0 Å². The number of nitrogens with two attached hydrogens (primary N) is 1. The number of aryl methyl sites for hydroxylation is 3. The summed E-state index contributed by atoms with van der Waals surface area (Å²) in [6.07, 6.45) is 1.69. The summed E-state index contributed by atoms with van der Waals surface area (Å²) in [6.45, 7) is 4.02. The number of nitrogens with one attached hydrogen (secondary N) is 1. The van der Waals surface area contributed by atoms with Crippen molar-refractivity contribution in [3.63, 3.8) is 0 Å². The van der Waals surface area contributed by atoms with Crippen molar-refractivity contribution in [2.24, 2.45) is 12.9 Å². The lowest BCUT2D eigenvalue weighted by atomic mass is 10.1. The first kappa shape index (κ1) is 13.2. The molecule has 0 spiro atoms. The minimum atomic E-state index is 0.182. The fraction of sp³-hybridized carbons (Fsp3) is 0.500. The van der Waals surface area contributed by atoms with Gasteiger partial charge in [-0.1, -0.05) is 0 Å². The monoisotopic (exact) mass is 265 g/mol. The summed E-state index contributed by atoms with van der Waals surface area (Å²) in [4.78, 5) is 4.47. The van der Waals surface area contributed by atoms with Gasteiger partial charge in [0.1, 0.15) is 0 Å². The van der Waals surface area contributed by atoms with Gasteiger partial charge in [-0.2, -0.15) is 5.10 Å². The highest BCUT2D eigenvalue weighted by atomic mass is 32.1. The average Bonchev–Trinajstić information content (AvgIpc) is 2.85. The molecule has 0 fully saturated rings. The second kappa shape index (κ2) is 5.60. The Kier molecular flexibility index (Phi) is 4.11. The van der Waals surface area contributed by atoms with E-state index in [0.29, 0.717) is 0 Å². The third-order valence-electron chi connectivity index (χ3n) is 2.91. The maximum Gasteiger partial charge on any atom is 0.0897 e. The van der Waals surface area contributed by atoms with Gasteiger partial charge in [-0.15, -0.1) is 11.3 Å². The van der Waals surface area contributed by atoms with Crippen LogP contribution in [0, 0.1) is 13.8 Å². The Morgan fingerprint density at radius 3 is 2.72 bits per heavy atom. The summed E-state index contributed by atoms with van der Waals surface area (Å²) < 4.78 is 1.91. The molecule has 1 unspecified atom stereocenters. The molecule has 0 aliphatic rings. The van der Waals surface area contributed by atoms with Crippen LogP contribution in [0.25, 0.3) is 0 Å². The summed E-state index contributed by atoms with van der Waals surface area (Å²) in [5.41, 5.74) is 6.18. The number of nitrogens with zero attached hydrogens (tertiary/aromatic N) is 3. The van der Waals surface area contributed by atoms with Crippen molar-refractivity contribution in [3.05, 3.63) is 33.5 Å². The van der Waals surface area contributed by atoms with Crippen LogP contribution in [0.1, 0.15) is 22.1 Å². The molecule has 98 valence electrons. The van der Waals surface area contributed by atoms with Crippen LogP contribution in [0.2, 0.25) is 0 Å². The molecule has 5 nitrogen and oxygen atoms in total. The molecule has 0 aromatic carbocycles. The standard InChI is InChI=1S/C12H19N5S/c1-8-4-12(17(3)16-8)6-10(15-13)5-11-7-18-9(2)14-11/h4,7,10,15H,5-6,13H2,1-3H3. The number of thiazole rings is 1. The maximum absolute atomic E-state index is 5.63. The van der Waals surface area contributed by atoms with Crippen molar-refractivity contribution >= 4 is 11.3 Å². The minimum absolute atomic E-state index is 0.182. The summed E-state index contributed by atoms with van der Waals surface area (Å²) in [5, 5.41) is 7.53. The third kappa shape index (κ3) is 3.16. The number of aromatic nitrogens is 3. The van der Waals surface area contributed by atoms with Crippen molar-refractivity contribution in [1.29, 1.82) is 0 Å². The van der Waals surface area contributed by atoms with Crippen LogP contribution in [0.3, 0.4) is 0 Å². The summed E-state index contributed by atoms with van der Waals surface area (Å²) in [7, 11) is 1.96. The second-order valence-electron chi connectivity index (χ2n) is 4.53. The van der Waals surface area contributed by atoms with E-state index < -0.39 is 0 Å². The lowest BCUT2D eigenvalue weighted by Crippen LogP contribution is -2.39. The highest BCUT2D eigenvalue weighted by Gasteiger charge is 2.13. The van der Waals surface area contributed by atoms with Crippen LogP contribution in [-0.4, -0.2) is 20.8 Å². The van der Waals surface area contributed by atoms with E-state index in [1.54, 1.807) is 11.3 Å². The summed E-state index contributed by atoms with van der Waals surface area (Å²) >= 11 is 1.67. The molecule has 2 heterocycles. The fourth-order valence-electron chi connectivity index (χ4n) is 2.05. The number of rotatable bonds is 5. The maximum atomic E-state index is 5.63. The third-order valence-corrected chi connectivity index (χ3v) is 3.73. The van der Waals surface area contributed by atoms with Crippen molar-refractivity contribution < 1.29 is 0 Å². The van der Waals surface area contributed by atoms with E-state index in [2.05, 4.69) is 27.0 Å². The Hall–Kier alpha value is -1.24. The molecule has 0 amide bonds. The molecular formula is C12H19N5S. The number of hydrazine groups is 1. The lowest BCUT2D eigenvalue weighted by Gasteiger charge is -2.14. The number of hydrogen-bond acceptors (Lipinski definition) is 5. The topological polar surface area (TPSA) is 68.8 Å². The van der Waals surface area contributed by atoms with E-state index in [0.717, 1.165) is 29.2 Å². The second-order valence-corrected chi connectivity index (χ2v) is 5.59. The quantitative estimate of drug-likeness (QED) is 0.628. The van der Waals surface area contributed by atoms with Gasteiger partial charge in [0.05, 0.1) is 16.4 Å². The van der Waals surface area contributed by atoms with Gasteiger partial charge < -0.3 is 0 Å². The molecule has 2 aromatic heterocycles. The Labute approximate surface area is 111 Å². The zero-order valence-electron chi connectivity index (χ0n) is 11.0. The molecule has 3 N–H and O–H groups in total. The van der Waals surface area contributed by atoms with Gasteiger partial charge in [-0.05, 0) is 19.9 Å². The first-order chi connectivity index (χ1) is 8.58. The normalized spacial score (nSPS) is 12.9. The van der Waals surface area contributed by atoms with E-state index in [1.807, 2.05) is 25.6 Å². The van der Waals surface area contributed by atoms with E-state index in [1.165, 1.54) is 5.69 Å². The Morgan fingerprint density at radius 2 is 2.22 bits per heavy atom. The molecule has 2 aromatic rings. The van der Waals surface area contributed by atoms with Crippen LogP contribution in [0.15, 0.2) is 11.4 Å². The highest BCUT2D eigenvalue weighted by molar-refractivity contribution is 7.09. The van der Waals surface area contributed by atoms with Gasteiger partial charge in [0.15, 0.2) is 0 Å². The van der Waals surface area contributed by atoms with Gasteiger partial charge in [0, 0.05) is 37.0 Å². The molecule has 1 atom stereocenters. The molecule has 0 saturated heterocycles. The first-order valence-electron chi connectivity index (χ1n) is 5.95. The molecule has 0 saturated carbocycles. The van der Waals surface area contributed by atoms with E-state index >= 15 is 0 Å². The van der Waals surface area contributed by atoms with Crippen LogP contribution in [0.5, 0.6) is 0 Å². The van der Waals surface area contributed by atoms with E-state index in [-0.39, 0.29) is 6.04 Å². The Morgan fingerprint density at radius 1 is 1.44 bits per heavy atom. The van der Waals surface area contributed by atoms with E-state index in [4.69, 9.17) is 5.84 Å². The van der Waals surface area contributed by atoms with Crippen molar-refractivity contribution in [2.45, 2.75) is 32.7 Å². The molecule has 6 heteroatoms. The summed E-state index contributed by atoms with van der Waals surface area (Å²) in [5.74, 6) is 5.63. The molecule has 18 heavy (non-hydrogen) atoms. The molecule has 2 rings (SSSR count). The smallest absolute Gasteiger partial charge is 0.0897 e. The van der Waals surface area contributed by atoms with Gasteiger partial charge in [0.25, 0.3) is 0 Å². The zero-order chi connectivity index (χ0) is 13.1. The summed E-state index contributed by atoms with van der Waals surface area (Å²) in [6, 6.07) is 2.28.